The summed E-state index contributed by atoms with van der Waals surface area (Å²) in [6, 6.07) is 15.0. The predicted octanol–water partition coefficient (Wildman–Crippen LogP) is 5.63. The summed E-state index contributed by atoms with van der Waals surface area (Å²) < 4.78 is 12.1. The third-order valence-electron chi connectivity index (χ3n) is 7.90. The minimum absolute atomic E-state index is 0.00450. The molecule has 4 rings (SSSR count). The van der Waals surface area contributed by atoms with Crippen molar-refractivity contribution in [3.05, 3.63) is 53.6 Å². The van der Waals surface area contributed by atoms with E-state index in [2.05, 4.69) is 61.4 Å². The van der Waals surface area contributed by atoms with E-state index in [4.69, 9.17) is 9.47 Å². The number of carbonyl (C=O) groups is 2. The second-order valence-corrected chi connectivity index (χ2v) is 10.6. The molecule has 6 heteroatoms. The highest BCUT2D eigenvalue weighted by Crippen LogP contribution is 2.53. The van der Waals surface area contributed by atoms with E-state index in [1.165, 1.54) is 12.5 Å². The highest BCUT2D eigenvalue weighted by molar-refractivity contribution is 5.75. The topological polar surface area (TPSA) is 67.9 Å². The van der Waals surface area contributed by atoms with Crippen LogP contribution in [0.15, 0.2) is 42.5 Å². The van der Waals surface area contributed by atoms with Gasteiger partial charge < -0.3 is 19.7 Å². The number of ether oxygens (including phenoxy) is 2. The van der Waals surface area contributed by atoms with Gasteiger partial charge in [0.25, 0.3) is 0 Å². The first-order valence-corrected chi connectivity index (χ1v) is 13.3. The Kier molecular flexibility index (Phi) is 8.22. The van der Waals surface area contributed by atoms with Gasteiger partial charge in [-0.3, -0.25) is 9.59 Å². The molecule has 0 saturated heterocycles. The van der Waals surface area contributed by atoms with Crippen LogP contribution in [0.3, 0.4) is 0 Å². The predicted molar refractivity (Wildman–Crippen MR) is 143 cm³/mol. The lowest BCUT2D eigenvalue weighted by Crippen LogP contribution is -2.48. The molecule has 194 valence electrons. The molecular weight excluding hydrogens is 452 g/mol. The molecule has 1 N–H and O–H groups in total. The standard InChI is InChI=1S/C30H40N2O4/c1-19(10-9-13-23-11-7-6-8-12-23)35-25-17-28-30(29(18-25)36-22(4)34)27-16-24(31-21(3)33)14-15-26(27)20(2)32(28)5/h6-8,11-12,17-20,24,26-27H,9-10,13-16H2,1-5H3,(H,31,33). The van der Waals surface area contributed by atoms with E-state index in [1.54, 1.807) is 6.92 Å². The first-order valence-electron chi connectivity index (χ1n) is 13.3. The molecular formula is C30H40N2O4. The summed E-state index contributed by atoms with van der Waals surface area (Å²) in [6.45, 7) is 7.38. The second kappa shape index (κ2) is 11.4. The van der Waals surface area contributed by atoms with Crippen LogP contribution in [0.4, 0.5) is 5.69 Å². The summed E-state index contributed by atoms with van der Waals surface area (Å²) in [6.07, 6.45) is 5.88. The number of nitrogens with zero attached hydrogens (tertiary/aromatic N) is 1. The van der Waals surface area contributed by atoms with Crippen LogP contribution in [0.5, 0.6) is 11.5 Å². The van der Waals surface area contributed by atoms with E-state index >= 15 is 0 Å². The van der Waals surface area contributed by atoms with Crippen molar-refractivity contribution < 1.29 is 19.1 Å². The lowest BCUT2D eigenvalue weighted by Gasteiger charge is -2.49. The normalized spacial score (nSPS) is 23.8. The van der Waals surface area contributed by atoms with Crippen molar-refractivity contribution in [3.8, 4) is 11.5 Å². The fourth-order valence-electron chi connectivity index (χ4n) is 6.12. The first-order chi connectivity index (χ1) is 17.2. The fourth-order valence-corrected chi connectivity index (χ4v) is 6.12. The Labute approximate surface area is 215 Å². The van der Waals surface area contributed by atoms with E-state index in [0.717, 1.165) is 55.5 Å². The van der Waals surface area contributed by atoms with Crippen molar-refractivity contribution in [1.82, 2.24) is 5.32 Å². The summed E-state index contributed by atoms with van der Waals surface area (Å²) in [5.41, 5.74) is 3.46. The highest BCUT2D eigenvalue weighted by atomic mass is 16.5. The Hall–Kier alpha value is -3.02. The average Bonchev–Trinajstić information content (AvgIpc) is 2.82. The van der Waals surface area contributed by atoms with Crippen molar-refractivity contribution in [2.45, 2.75) is 90.3 Å². The molecule has 1 heterocycles. The van der Waals surface area contributed by atoms with Crippen LogP contribution >= 0.6 is 0 Å². The Bertz CT molecular complexity index is 1070. The molecule has 1 fully saturated rings. The summed E-state index contributed by atoms with van der Waals surface area (Å²) in [5.74, 6) is 1.63. The minimum atomic E-state index is -0.336. The van der Waals surface area contributed by atoms with Gasteiger partial charge in [0.2, 0.25) is 5.91 Å². The Morgan fingerprint density at radius 2 is 1.89 bits per heavy atom. The molecule has 2 aromatic carbocycles. The molecule has 6 nitrogen and oxygen atoms in total. The number of aryl methyl sites for hydroxylation is 1. The second-order valence-electron chi connectivity index (χ2n) is 10.6. The van der Waals surface area contributed by atoms with Crippen LogP contribution in [-0.4, -0.2) is 37.1 Å². The zero-order chi connectivity index (χ0) is 25.8. The Balaban J connectivity index is 1.56. The van der Waals surface area contributed by atoms with Gasteiger partial charge in [-0.1, -0.05) is 30.3 Å². The van der Waals surface area contributed by atoms with Gasteiger partial charge in [-0.2, -0.15) is 0 Å². The summed E-state index contributed by atoms with van der Waals surface area (Å²) in [5, 5.41) is 3.12. The van der Waals surface area contributed by atoms with E-state index in [9.17, 15) is 9.59 Å². The maximum absolute atomic E-state index is 12.1. The quantitative estimate of drug-likeness (QED) is 0.382. The van der Waals surface area contributed by atoms with Gasteiger partial charge in [0.1, 0.15) is 11.5 Å². The number of hydrogen-bond acceptors (Lipinski definition) is 5. The lowest BCUT2D eigenvalue weighted by atomic mass is 9.67. The lowest BCUT2D eigenvalue weighted by molar-refractivity contribution is -0.132. The zero-order valence-electron chi connectivity index (χ0n) is 22.3. The zero-order valence-corrected chi connectivity index (χ0v) is 22.3. The molecule has 2 aromatic rings. The largest absolute Gasteiger partial charge is 0.491 e. The summed E-state index contributed by atoms with van der Waals surface area (Å²) >= 11 is 0. The molecule has 2 aliphatic rings. The van der Waals surface area contributed by atoms with Gasteiger partial charge in [-0.15, -0.1) is 0 Å². The molecule has 0 radical (unpaired) electrons. The third kappa shape index (κ3) is 6.03. The highest BCUT2D eigenvalue weighted by Gasteiger charge is 2.43. The van der Waals surface area contributed by atoms with E-state index in [-0.39, 0.29) is 29.9 Å². The number of benzene rings is 2. The monoisotopic (exact) mass is 492 g/mol. The number of carbonyl (C=O) groups excluding carboxylic acids is 2. The summed E-state index contributed by atoms with van der Waals surface area (Å²) in [7, 11) is 2.12. The van der Waals surface area contributed by atoms with Crippen molar-refractivity contribution >= 4 is 17.6 Å². The fraction of sp³-hybridized carbons (Fsp3) is 0.533. The van der Waals surface area contributed by atoms with E-state index in [0.29, 0.717) is 17.7 Å². The van der Waals surface area contributed by atoms with Crippen molar-refractivity contribution in [1.29, 1.82) is 0 Å². The SMILES string of the molecule is CC(=O)NC1CCC2C(C1)c1c(OC(C)=O)cc(OC(C)CCCc3ccccc3)cc1N(C)C2C. The molecule has 5 atom stereocenters. The number of fused-ring (bicyclic) bond motifs is 3. The molecule has 1 saturated carbocycles. The van der Waals surface area contributed by atoms with Crippen LogP contribution in [-0.2, 0) is 16.0 Å². The number of nitrogens with one attached hydrogen (secondary N) is 1. The molecule has 5 unspecified atom stereocenters. The minimum Gasteiger partial charge on any atom is -0.491 e. The van der Waals surface area contributed by atoms with Crippen LogP contribution in [0, 0.1) is 5.92 Å². The molecule has 1 aliphatic carbocycles. The number of rotatable bonds is 8. The van der Waals surface area contributed by atoms with Gasteiger partial charge in [-0.05, 0) is 69.8 Å². The molecule has 36 heavy (non-hydrogen) atoms. The molecule has 1 amide bonds. The number of amides is 1. The smallest absolute Gasteiger partial charge is 0.308 e. The van der Waals surface area contributed by atoms with Gasteiger partial charge in [0.15, 0.2) is 0 Å². The molecule has 0 spiro atoms. The van der Waals surface area contributed by atoms with Crippen LogP contribution in [0.25, 0.3) is 0 Å². The first kappa shape index (κ1) is 26.1. The van der Waals surface area contributed by atoms with E-state index < -0.39 is 0 Å². The molecule has 0 aromatic heterocycles. The average molecular weight is 493 g/mol. The third-order valence-corrected chi connectivity index (χ3v) is 7.90. The van der Waals surface area contributed by atoms with Gasteiger partial charge >= 0.3 is 5.97 Å². The van der Waals surface area contributed by atoms with Gasteiger partial charge in [0.05, 0.1) is 6.10 Å². The number of anilines is 1. The Morgan fingerprint density at radius 3 is 2.58 bits per heavy atom. The maximum Gasteiger partial charge on any atom is 0.308 e. The summed E-state index contributed by atoms with van der Waals surface area (Å²) in [4.78, 5) is 26.1. The van der Waals surface area contributed by atoms with Crippen LogP contribution in [0.2, 0.25) is 0 Å². The van der Waals surface area contributed by atoms with Crippen molar-refractivity contribution in [2.24, 2.45) is 5.92 Å². The number of hydrogen-bond donors (Lipinski definition) is 1. The van der Waals surface area contributed by atoms with E-state index in [1.807, 2.05) is 12.1 Å². The molecule has 0 bridgehead atoms. The Morgan fingerprint density at radius 1 is 1.14 bits per heavy atom. The van der Waals surface area contributed by atoms with Crippen LogP contribution in [0.1, 0.15) is 76.8 Å². The van der Waals surface area contributed by atoms with Crippen molar-refractivity contribution in [2.75, 3.05) is 11.9 Å². The van der Waals surface area contributed by atoms with Crippen molar-refractivity contribution in [3.63, 3.8) is 0 Å². The molecule has 1 aliphatic heterocycles. The van der Waals surface area contributed by atoms with Crippen LogP contribution < -0.4 is 19.7 Å². The van der Waals surface area contributed by atoms with Gasteiger partial charge in [-0.25, -0.2) is 0 Å². The number of esters is 1. The maximum atomic E-state index is 12.1. The van der Waals surface area contributed by atoms with Gasteiger partial charge in [0, 0.05) is 56.4 Å².